The van der Waals surface area contributed by atoms with Gasteiger partial charge in [-0.25, -0.2) is 9.97 Å². The van der Waals surface area contributed by atoms with Gasteiger partial charge in [0.15, 0.2) is 17.3 Å². The van der Waals surface area contributed by atoms with E-state index < -0.39 is 0 Å². The molecule has 0 fully saturated rings. The molecule has 6 nitrogen and oxygen atoms in total. The number of hydrogen-bond acceptors (Lipinski definition) is 4. The van der Waals surface area contributed by atoms with Crippen molar-refractivity contribution < 1.29 is 0 Å². The molecule has 3 heterocycles. The lowest BCUT2D eigenvalue weighted by molar-refractivity contribution is 0.859. The van der Waals surface area contributed by atoms with Gasteiger partial charge in [-0.1, -0.05) is 0 Å². The van der Waals surface area contributed by atoms with Crippen LogP contribution in [-0.4, -0.2) is 29.7 Å². The third kappa shape index (κ3) is 1.19. The molecule has 16 heavy (non-hydrogen) atoms. The lowest BCUT2D eigenvalue weighted by atomic mass is 10.4. The van der Waals surface area contributed by atoms with Crippen molar-refractivity contribution in [3.05, 3.63) is 24.2 Å². The molecule has 0 radical (unpaired) electrons. The van der Waals surface area contributed by atoms with E-state index >= 15 is 0 Å². The van der Waals surface area contributed by atoms with E-state index in [1.807, 2.05) is 30.7 Å². The maximum atomic E-state index is 4.37. The summed E-state index contributed by atoms with van der Waals surface area (Å²) in [5.41, 5.74) is 1.59. The van der Waals surface area contributed by atoms with Crippen LogP contribution in [-0.2, 0) is 7.05 Å². The summed E-state index contributed by atoms with van der Waals surface area (Å²) in [5.74, 6) is 2.26. The van der Waals surface area contributed by atoms with Crippen LogP contribution in [0, 0.1) is 6.92 Å². The fourth-order valence-electron chi connectivity index (χ4n) is 1.56. The van der Waals surface area contributed by atoms with Gasteiger partial charge in [0.2, 0.25) is 0 Å². The Balaban J connectivity index is 2.23. The molecule has 3 aromatic rings. The van der Waals surface area contributed by atoms with Gasteiger partial charge in [0.25, 0.3) is 0 Å². The normalized spacial score (nSPS) is 11.1. The maximum Gasteiger partial charge on any atom is 0.199 e. The molecule has 0 amide bonds. The van der Waals surface area contributed by atoms with Gasteiger partial charge >= 0.3 is 0 Å². The number of hydrogen-bond donors (Lipinski definition) is 1. The van der Waals surface area contributed by atoms with Gasteiger partial charge in [0, 0.05) is 13.2 Å². The molecule has 0 atom stereocenters. The first-order chi connectivity index (χ1) is 7.75. The molecule has 0 aromatic carbocycles. The molecule has 0 aliphatic heterocycles. The summed E-state index contributed by atoms with van der Waals surface area (Å²) in [4.78, 5) is 11.7. The predicted molar refractivity (Wildman–Crippen MR) is 58.6 cm³/mol. The van der Waals surface area contributed by atoms with E-state index in [0.717, 1.165) is 17.2 Å². The number of fused-ring (bicyclic) bond motifs is 1. The Morgan fingerprint density at radius 2 is 2.19 bits per heavy atom. The smallest absolute Gasteiger partial charge is 0.199 e. The van der Waals surface area contributed by atoms with Gasteiger partial charge in [-0.05, 0) is 19.1 Å². The van der Waals surface area contributed by atoms with Gasteiger partial charge in [-0.15, -0.1) is 10.2 Å². The molecule has 3 aromatic heterocycles. The molecule has 0 bridgehead atoms. The van der Waals surface area contributed by atoms with E-state index in [-0.39, 0.29) is 0 Å². The van der Waals surface area contributed by atoms with Crippen molar-refractivity contribution >= 4 is 11.2 Å². The first kappa shape index (κ1) is 9.02. The minimum atomic E-state index is 0.691. The molecule has 3 rings (SSSR count). The van der Waals surface area contributed by atoms with E-state index in [9.17, 15) is 0 Å². The Labute approximate surface area is 91.4 Å². The first-order valence-electron chi connectivity index (χ1n) is 4.93. The zero-order chi connectivity index (χ0) is 11.1. The summed E-state index contributed by atoms with van der Waals surface area (Å²) < 4.78 is 1.89. The number of imidazole rings is 1. The highest BCUT2D eigenvalue weighted by Gasteiger charge is 2.12. The fourth-order valence-corrected chi connectivity index (χ4v) is 1.56. The van der Waals surface area contributed by atoms with Crippen molar-refractivity contribution in [3.8, 4) is 11.6 Å². The zero-order valence-corrected chi connectivity index (χ0v) is 8.97. The molecule has 6 heteroatoms. The van der Waals surface area contributed by atoms with Crippen LogP contribution >= 0.6 is 0 Å². The van der Waals surface area contributed by atoms with Crippen LogP contribution < -0.4 is 0 Å². The number of aromatic nitrogens is 6. The zero-order valence-electron chi connectivity index (χ0n) is 8.97. The van der Waals surface area contributed by atoms with Crippen LogP contribution in [0.5, 0.6) is 0 Å². The third-order valence-corrected chi connectivity index (χ3v) is 2.56. The van der Waals surface area contributed by atoms with Crippen LogP contribution in [0.1, 0.15) is 5.82 Å². The summed E-state index contributed by atoms with van der Waals surface area (Å²) in [6, 6.07) is 3.80. The van der Waals surface area contributed by atoms with E-state index in [0.29, 0.717) is 11.5 Å². The van der Waals surface area contributed by atoms with Gasteiger partial charge in [0.1, 0.15) is 5.82 Å². The molecular weight excluding hydrogens is 204 g/mol. The lowest BCUT2D eigenvalue weighted by Crippen LogP contribution is -1.95. The van der Waals surface area contributed by atoms with E-state index in [1.165, 1.54) is 0 Å². The lowest BCUT2D eigenvalue weighted by Gasteiger charge is -1.96. The second kappa shape index (κ2) is 3.13. The SMILES string of the molecule is Cc1nnc(-c2nc3ncccc3[nH]2)n1C. The third-order valence-electron chi connectivity index (χ3n) is 2.56. The number of nitrogens with one attached hydrogen (secondary N) is 1. The van der Waals surface area contributed by atoms with Crippen molar-refractivity contribution in [1.29, 1.82) is 0 Å². The number of rotatable bonds is 1. The quantitative estimate of drug-likeness (QED) is 0.657. The average molecular weight is 214 g/mol. The van der Waals surface area contributed by atoms with Crippen molar-refractivity contribution in [3.63, 3.8) is 0 Å². The van der Waals surface area contributed by atoms with Crippen LogP contribution in [0.2, 0.25) is 0 Å². The largest absolute Gasteiger partial charge is 0.334 e. The molecule has 0 unspecified atom stereocenters. The number of aryl methyl sites for hydroxylation is 1. The van der Waals surface area contributed by atoms with E-state index in [1.54, 1.807) is 6.20 Å². The molecule has 0 aliphatic carbocycles. The summed E-state index contributed by atoms with van der Waals surface area (Å²) >= 11 is 0. The molecule has 80 valence electrons. The molecular formula is C10H10N6. The standard InChI is InChI=1S/C10H10N6/c1-6-14-15-10(16(6)2)9-12-7-4-3-5-11-8(7)13-9/h3-5H,1-2H3,(H,11,12,13). The maximum absolute atomic E-state index is 4.37. The summed E-state index contributed by atoms with van der Waals surface area (Å²) in [6.45, 7) is 1.90. The first-order valence-corrected chi connectivity index (χ1v) is 4.93. The topological polar surface area (TPSA) is 72.3 Å². The van der Waals surface area contributed by atoms with Crippen molar-refractivity contribution in [2.75, 3.05) is 0 Å². The average Bonchev–Trinajstić information content (AvgIpc) is 2.84. The number of aromatic amines is 1. The fraction of sp³-hybridized carbons (Fsp3) is 0.200. The van der Waals surface area contributed by atoms with Gasteiger partial charge < -0.3 is 9.55 Å². The Morgan fingerprint density at radius 1 is 1.31 bits per heavy atom. The number of pyridine rings is 1. The Morgan fingerprint density at radius 3 is 2.88 bits per heavy atom. The van der Waals surface area contributed by atoms with Crippen LogP contribution in [0.25, 0.3) is 22.8 Å². The minimum absolute atomic E-state index is 0.691. The monoisotopic (exact) mass is 214 g/mol. The van der Waals surface area contributed by atoms with Crippen molar-refractivity contribution in [1.82, 2.24) is 29.7 Å². The van der Waals surface area contributed by atoms with E-state index in [4.69, 9.17) is 0 Å². The Kier molecular flexibility index (Phi) is 1.76. The second-order valence-electron chi connectivity index (χ2n) is 3.59. The van der Waals surface area contributed by atoms with Crippen molar-refractivity contribution in [2.45, 2.75) is 6.92 Å². The molecule has 1 N–H and O–H groups in total. The van der Waals surface area contributed by atoms with E-state index in [2.05, 4.69) is 25.1 Å². The predicted octanol–water partition coefficient (Wildman–Crippen LogP) is 1.06. The summed E-state index contributed by atoms with van der Waals surface area (Å²) in [7, 11) is 1.91. The molecule has 0 spiro atoms. The highest BCUT2D eigenvalue weighted by Crippen LogP contribution is 2.16. The Hall–Kier alpha value is -2.24. The summed E-state index contributed by atoms with van der Waals surface area (Å²) in [6.07, 6.45) is 1.72. The minimum Gasteiger partial charge on any atom is -0.334 e. The number of H-pyrrole nitrogens is 1. The Bertz CT molecular complexity index is 617. The van der Waals surface area contributed by atoms with Gasteiger partial charge in [-0.2, -0.15) is 0 Å². The number of nitrogens with zero attached hydrogens (tertiary/aromatic N) is 5. The molecule has 0 aliphatic rings. The highest BCUT2D eigenvalue weighted by molar-refractivity contribution is 5.73. The molecule has 0 saturated heterocycles. The second-order valence-corrected chi connectivity index (χ2v) is 3.59. The summed E-state index contributed by atoms with van der Waals surface area (Å²) in [5, 5.41) is 8.07. The molecule has 0 saturated carbocycles. The van der Waals surface area contributed by atoms with Crippen LogP contribution in [0.15, 0.2) is 18.3 Å². The van der Waals surface area contributed by atoms with Crippen molar-refractivity contribution in [2.24, 2.45) is 7.05 Å². The van der Waals surface area contributed by atoms with Gasteiger partial charge in [-0.3, -0.25) is 0 Å². The van der Waals surface area contributed by atoms with Gasteiger partial charge in [0.05, 0.1) is 5.52 Å². The van der Waals surface area contributed by atoms with Crippen LogP contribution in [0.3, 0.4) is 0 Å². The van der Waals surface area contributed by atoms with Crippen LogP contribution in [0.4, 0.5) is 0 Å². The highest BCUT2D eigenvalue weighted by atomic mass is 15.3.